The van der Waals surface area contributed by atoms with Crippen LogP contribution >= 0.6 is 0 Å². The molecule has 0 aliphatic carbocycles. The van der Waals surface area contributed by atoms with Gasteiger partial charge >= 0.3 is 0 Å². The van der Waals surface area contributed by atoms with Crippen LogP contribution in [-0.4, -0.2) is 43.6 Å². The lowest BCUT2D eigenvalue weighted by atomic mass is 9.99. The number of rotatable bonds is 4. The van der Waals surface area contributed by atoms with Gasteiger partial charge in [-0.25, -0.2) is 4.98 Å². The normalized spacial score (nSPS) is 15.6. The average Bonchev–Trinajstić information content (AvgIpc) is 3.01. The van der Waals surface area contributed by atoms with E-state index in [-0.39, 0.29) is 29.3 Å². The zero-order chi connectivity index (χ0) is 18.0. The highest BCUT2D eigenvalue weighted by Crippen LogP contribution is 2.17. The van der Waals surface area contributed by atoms with Crippen LogP contribution in [-0.2, 0) is 11.3 Å². The van der Waals surface area contributed by atoms with E-state index in [9.17, 15) is 9.59 Å². The molecular formula is C17H23N5O3. The Balaban J connectivity index is 1.74. The van der Waals surface area contributed by atoms with Gasteiger partial charge in [0.15, 0.2) is 5.82 Å². The van der Waals surface area contributed by atoms with Gasteiger partial charge in [-0.2, -0.15) is 4.98 Å². The smallest absolute Gasteiger partial charge is 0.266 e. The van der Waals surface area contributed by atoms with Crippen molar-refractivity contribution < 1.29 is 9.32 Å². The molecule has 0 spiro atoms. The topological polar surface area (TPSA) is 94.1 Å². The van der Waals surface area contributed by atoms with Gasteiger partial charge in [0.1, 0.15) is 11.4 Å². The maximum atomic E-state index is 12.7. The van der Waals surface area contributed by atoms with E-state index in [2.05, 4.69) is 22.0 Å². The number of likely N-dealkylation sites (tertiary alicyclic amines) is 1. The van der Waals surface area contributed by atoms with Gasteiger partial charge in [0, 0.05) is 32.3 Å². The fourth-order valence-corrected chi connectivity index (χ4v) is 3.02. The number of amides is 1. The van der Waals surface area contributed by atoms with E-state index in [0.29, 0.717) is 24.1 Å². The molecule has 2 aromatic rings. The molecule has 134 valence electrons. The average molecular weight is 345 g/mol. The van der Waals surface area contributed by atoms with E-state index in [0.717, 1.165) is 25.9 Å². The van der Waals surface area contributed by atoms with Crippen LogP contribution in [0.3, 0.4) is 0 Å². The molecule has 8 heteroatoms. The number of carbonyl (C=O) groups is 1. The van der Waals surface area contributed by atoms with Crippen molar-refractivity contribution in [3.05, 3.63) is 28.2 Å². The van der Waals surface area contributed by atoms with Crippen molar-refractivity contribution in [2.45, 2.75) is 46.6 Å². The minimum Gasteiger partial charge on any atom is -0.343 e. The van der Waals surface area contributed by atoms with Gasteiger partial charge in [-0.1, -0.05) is 12.1 Å². The number of hydrogen-bond acceptors (Lipinski definition) is 6. The monoisotopic (exact) mass is 345 g/mol. The summed E-state index contributed by atoms with van der Waals surface area (Å²) in [6.07, 6.45) is 3.80. The molecule has 1 aliphatic rings. The van der Waals surface area contributed by atoms with Crippen LogP contribution in [0.4, 0.5) is 0 Å². The van der Waals surface area contributed by atoms with Crippen LogP contribution in [0.1, 0.15) is 37.8 Å². The van der Waals surface area contributed by atoms with E-state index in [4.69, 9.17) is 4.52 Å². The van der Waals surface area contributed by atoms with Gasteiger partial charge in [0.25, 0.3) is 11.4 Å². The Morgan fingerprint density at radius 3 is 2.68 bits per heavy atom. The molecule has 0 saturated carbocycles. The molecule has 0 atom stereocenters. The van der Waals surface area contributed by atoms with Crippen molar-refractivity contribution in [1.82, 2.24) is 24.6 Å². The van der Waals surface area contributed by atoms with Gasteiger partial charge in [0.05, 0.1) is 0 Å². The maximum absolute atomic E-state index is 12.7. The third-order valence-corrected chi connectivity index (χ3v) is 4.69. The summed E-state index contributed by atoms with van der Waals surface area (Å²) in [6, 6.07) is 0. The second-order valence-corrected chi connectivity index (χ2v) is 6.64. The second-order valence-electron chi connectivity index (χ2n) is 6.64. The first-order valence-corrected chi connectivity index (χ1v) is 8.60. The summed E-state index contributed by atoms with van der Waals surface area (Å²) in [5.74, 6) is 1.92. The summed E-state index contributed by atoms with van der Waals surface area (Å²) in [6.45, 7) is 7.54. The van der Waals surface area contributed by atoms with Crippen LogP contribution in [0.5, 0.6) is 0 Å². The van der Waals surface area contributed by atoms with E-state index in [1.807, 2.05) is 4.90 Å². The van der Waals surface area contributed by atoms with Crippen molar-refractivity contribution >= 4 is 5.91 Å². The van der Waals surface area contributed by atoms with Crippen molar-refractivity contribution in [1.29, 1.82) is 0 Å². The van der Waals surface area contributed by atoms with Crippen molar-refractivity contribution in [2.75, 3.05) is 13.1 Å². The van der Waals surface area contributed by atoms with Crippen molar-refractivity contribution in [2.24, 2.45) is 5.92 Å². The largest absolute Gasteiger partial charge is 0.343 e. The van der Waals surface area contributed by atoms with E-state index >= 15 is 0 Å². The number of aromatic nitrogens is 4. The molecule has 0 N–H and O–H groups in total. The Morgan fingerprint density at radius 1 is 1.32 bits per heavy atom. The molecule has 0 unspecified atom stereocenters. The Hall–Kier alpha value is -2.51. The standard InChI is InChI=1S/C17H23N5O3/c1-11-4-7-21(8-5-11)15(23)6-9-22-13(3)18-10-14(17(22)24)16-19-12(2)20-25-16/h10-11H,4-9H2,1-3H3. The summed E-state index contributed by atoms with van der Waals surface area (Å²) in [5.41, 5.74) is -0.0123. The molecule has 1 aliphatic heterocycles. The predicted molar refractivity (Wildman–Crippen MR) is 90.9 cm³/mol. The molecule has 25 heavy (non-hydrogen) atoms. The van der Waals surface area contributed by atoms with Gasteiger partial charge in [0.2, 0.25) is 5.91 Å². The highest BCUT2D eigenvalue weighted by Gasteiger charge is 2.21. The zero-order valence-electron chi connectivity index (χ0n) is 14.9. The predicted octanol–water partition coefficient (Wildman–Crippen LogP) is 1.56. The highest BCUT2D eigenvalue weighted by atomic mass is 16.5. The third-order valence-electron chi connectivity index (χ3n) is 4.69. The van der Waals surface area contributed by atoms with E-state index < -0.39 is 0 Å². The Morgan fingerprint density at radius 2 is 2.04 bits per heavy atom. The van der Waals surface area contributed by atoms with Crippen molar-refractivity contribution in [3.63, 3.8) is 0 Å². The summed E-state index contributed by atoms with van der Waals surface area (Å²) in [7, 11) is 0. The summed E-state index contributed by atoms with van der Waals surface area (Å²) in [4.78, 5) is 35.3. The van der Waals surface area contributed by atoms with Gasteiger partial charge < -0.3 is 9.42 Å². The summed E-state index contributed by atoms with van der Waals surface area (Å²) < 4.78 is 6.57. The Bertz CT molecular complexity index is 818. The molecule has 1 saturated heterocycles. The van der Waals surface area contributed by atoms with Crippen LogP contribution in [0.2, 0.25) is 0 Å². The lowest BCUT2D eigenvalue weighted by Gasteiger charge is -2.30. The molecule has 2 aromatic heterocycles. The van der Waals surface area contributed by atoms with Crippen LogP contribution in [0.15, 0.2) is 15.5 Å². The Labute approximate surface area is 145 Å². The van der Waals surface area contributed by atoms with Crippen LogP contribution < -0.4 is 5.56 Å². The fraction of sp³-hybridized carbons (Fsp3) is 0.588. The van der Waals surface area contributed by atoms with E-state index in [1.165, 1.54) is 10.8 Å². The molecule has 8 nitrogen and oxygen atoms in total. The molecule has 3 rings (SSSR count). The fourth-order valence-electron chi connectivity index (χ4n) is 3.02. The summed E-state index contributed by atoms with van der Waals surface area (Å²) in [5, 5.41) is 3.70. The molecular weight excluding hydrogens is 322 g/mol. The third kappa shape index (κ3) is 3.78. The number of nitrogens with zero attached hydrogens (tertiary/aromatic N) is 5. The first-order valence-electron chi connectivity index (χ1n) is 8.60. The van der Waals surface area contributed by atoms with Crippen LogP contribution in [0.25, 0.3) is 11.5 Å². The van der Waals surface area contributed by atoms with Crippen LogP contribution in [0, 0.1) is 19.8 Å². The first kappa shape index (κ1) is 17.3. The van der Waals surface area contributed by atoms with Gasteiger partial charge in [-0.05, 0) is 32.6 Å². The first-order chi connectivity index (χ1) is 12.0. The summed E-state index contributed by atoms with van der Waals surface area (Å²) >= 11 is 0. The SMILES string of the molecule is Cc1noc(-c2cnc(C)n(CCC(=O)N3CCC(C)CC3)c2=O)n1. The number of piperidine rings is 1. The number of aryl methyl sites for hydroxylation is 2. The highest BCUT2D eigenvalue weighted by molar-refractivity contribution is 5.76. The second kappa shape index (κ2) is 7.16. The molecule has 1 amide bonds. The molecule has 3 heterocycles. The van der Waals surface area contributed by atoms with E-state index in [1.54, 1.807) is 13.8 Å². The van der Waals surface area contributed by atoms with Gasteiger partial charge in [-0.3, -0.25) is 14.2 Å². The number of carbonyl (C=O) groups excluding carboxylic acids is 1. The quantitative estimate of drug-likeness (QED) is 0.835. The van der Waals surface area contributed by atoms with Crippen molar-refractivity contribution in [3.8, 4) is 11.5 Å². The minimum absolute atomic E-state index is 0.0808. The molecule has 0 bridgehead atoms. The molecule has 1 fully saturated rings. The zero-order valence-corrected chi connectivity index (χ0v) is 14.9. The lowest BCUT2D eigenvalue weighted by molar-refractivity contribution is -0.132. The lowest BCUT2D eigenvalue weighted by Crippen LogP contribution is -2.38. The van der Waals surface area contributed by atoms with Gasteiger partial charge in [-0.15, -0.1) is 0 Å². The Kier molecular flexibility index (Phi) is 4.96. The maximum Gasteiger partial charge on any atom is 0.266 e. The molecule has 0 aromatic carbocycles. The minimum atomic E-state index is -0.267. The molecule has 0 radical (unpaired) electrons. The number of hydrogen-bond donors (Lipinski definition) is 0.